The van der Waals surface area contributed by atoms with Crippen LogP contribution in [0.1, 0.15) is 32.8 Å². The highest BCUT2D eigenvalue weighted by molar-refractivity contribution is 5.83. The van der Waals surface area contributed by atoms with E-state index in [4.69, 9.17) is 4.74 Å². The molecular weight excluding hydrogens is 238 g/mol. The van der Waals surface area contributed by atoms with Gasteiger partial charge in [0, 0.05) is 13.0 Å². The summed E-state index contributed by atoms with van der Waals surface area (Å²) in [6.45, 7) is 6.91. The van der Waals surface area contributed by atoms with Gasteiger partial charge in [-0.3, -0.25) is 9.69 Å². The van der Waals surface area contributed by atoms with Crippen molar-refractivity contribution in [3.8, 4) is 5.75 Å². The highest BCUT2D eigenvalue weighted by atomic mass is 16.5. The average Bonchev–Trinajstić information content (AvgIpc) is 2.39. The van der Waals surface area contributed by atoms with Crippen LogP contribution < -0.4 is 4.74 Å². The molecular formula is C16H25NO2. The zero-order chi connectivity index (χ0) is 14.4. The molecule has 0 fully saturated rings. The molecule has 1 atom stereocenters. The molecule has 1 aromatic carbocycles. The van der Waals surface area contributed by atoms with Gasteiger partial charge in [0.1, 0.15) is 11.5 Å². The normalized spacial score (nSPS) is 12.8. The number of carbonyl (C=O) groups is 1. The summed E-state index contributed by atoms with van der Waals surface area (Å²) in [5, 5.41) is 0. The minimum Gasteiger partial charge on any atom is -0.497 e. The Morgan fingerprint density at radius 3 is 2.26 bits per heavy atom. The molecule has 106 valence electrons. The molecule has 0 aliphatic heterocycles. The van der Waals surface area contributed by atoms with E-state index in [1.807, 2.05) is 38.2 Å². The van der Waals surface area contributed by atoms with Crippen LogP contribution in [0.15, 0.2) is 24.3 Å². The Hall–Kier alpha value is -1.35. The predicted octanol–water partition coefficient (Wildman–Crippen LogP) is 3.13. The first-order chi connectivity index (χ1) is 8.99. The number of carbonyl (C=O) groups excluding carboxylic acids is 1. The van der Waals surface area contributed by atoms with Gasteiger partial charge in [-0.05, 0) is 30.7 Å². The van der Waals surface area contributed by atoms with Gasteiger partial charge in [0.15, 0.2) is 0 Å². The quantitative estimate of drug-likeness (QED) is 0.757. The second-order valence-corrected chi connectivity index (χ2v) is 5.27. The third-order valence-corrected chi connectivity index (χ3v) is 3.38. The monoisotopic (exact) mass is 263 g/mol. The predicted molar refractivity (Wildman–Crippen MR) is 78.4 cm³/mol. The number of nitrogens with zero attached hydrogens (tertiary/aromatic N) is 1. The van der Waals surface area contributed by atoms with Crippen molar-refractivity contribution in [3.63, 3.8) is 0 Å². The number of hydrogen-bond donors (Lipinski definition) is 0. The van der Waals surface area contributed by atoms with E-state index >= 15 is 0 Å². The lowest BCUT2D eigenvalue weighted by Crippen LogP contribution is -2.41. The van der Waals surface area contributed by atoms with Crippen molar-refractivity contribution in [2.24, 2.45) is 5.92 Å². The van der Waals surface area contributed by atoms with Crippen LogP contribution in [0.5, 0.6) is 5.75 Å². The zero-order valence-corrected chi connectivity index (χ0v) is 12.6. The molecule has 0 heterocycles. The molecule has 3 nitrogen and oxygen atoms in total. The molecule has 1 rings (SSSR count). The molecule has 0 aliphatic rings. The van der Waals surface area contributed by atoms with Crippen LogP contribution in [0.25, 0.3) is 0 Å². The summed E-state index contributed by atoms with van der Waals surface area (Å²) >= 11 is 0. The van der Waals surface area contributed by atoms with E-state index < -0.39 is 0 Å². The van der Waals surface area contributed by atoms with Crippen molar-refractivity contribution in [2.75, 3.05) is 14.2 Å². The van der Waals surface area contributed by atoms with Gasteiger partial charge in [0.2, 0.25) is 0 Å². The minimum atomic E-state index is -0.00731. The van der Waals surface area contributed by atoms with E-state index in [0.29, 0.717) is 18.1 Å². The average molecular weight is 263 g/mol. The molecule has 0 saturated carbocycles. The van der Waals surface area contributed by atoms with Crippen LogP contribution in [0.2, 0.25) is 0 Å². The molecule has 0 saturated heterocycles. The third kappa shape index (κ3) is 4.35. The lowest BCUT2D eigenvalue weighted by molar-refractivity contribution is -0.125. The Kier molecular flexibility index (Phi) is 6.03. The highest BCUT2D eigenvalue weighted by Gasteiger charge is 2.24. The van der Waals surface area contributed by atoms with Crippen LogP contribution in [-0.2, 0) is 11.3 Å². The molecule has 1 aromatic rings. The largest absolute Gasteiger partial charge is 0.497 e. The summed E-state index contributed by atoms with van der Waals surface area (Å²) in [6, 6.07) is 7.99. The van der Waals surface area contributed by atoms with Gasteiger partial charge in [0.05, 0.1) is 13.2 Å². The van der Waals surface area contributed by atoms with E-state index in [0.717, 1.165) is 12.3 Å². The molecule has 0 N–H and O–H groups in total. The third-order valence-electron chi connectivity index (χ3n) is 3.38. The molecule has 0 radical (unpaired) electrons. The molecule has 0 bridgehead atoms. The standard InChI is InChI=1S/C16H25NO2/c1-6-15(18)16(12(2)3)17(4)11-13-7-9-14(19-5)10-8-13/h7-10,12,16H,6,11H2,1-5H3/t16-/m0/s1. The van der Waals surface area contributed by atoms with E-state index in [2.05, 4.69) is 18.7 Å². The summed E-state index contributed by atoms with van der Waals surface area (Å²) in [5.41, 5.74) is 1.19. The van der Waals surface area contributed by atoms with E-state index in [1.165, 1.54) is 5.56 Å². The number of ketones is 1. The van der Waals surface area contributed by atoms with Gasteiger partial charge >= 0.3 is 0 Å². The van der Waals surface area contributed by atoms with Gasteiger partial charge in [0.25, 0.3) is 0 Å². The Bertz CT molecular complexity index is 398. The van der Waals surface area contributed by atoms with Gasteiger partial charge < -0.3 is 4.74 Å². The van der Waals surface area contributed by atoms with Crippen LogP contribution in [0, 0.1) is 5.92 Å². The maximum atomic E-state index is 12.0. The number of rotatable bonds is 7. The zero-order valence-electron chi connectivity index (χ0n) is 12.6. The summed E-state index contributed by atoms with van der Waals surface area (Å²) < 4.78 is 5.15. The number of hydrogen-bond acceptors (Lipinski definition) is 3. The Morgan fingerprint density at radius 1 is 1.26 bits per heavy atom. The van der Waals surface area contributed by atoms with Crippen molar-refractivity contribution in [1.29, 1.82) is 0 Å². The maximum Gasteiger partial charge on any atom is 0.149 e. The smallest absolute Gasteiger partial charge is 0.149 e. The lowest BCUT2D eigenvalue weighted by Gasteiger charge is -2.29. The second-order valence-electron chi connectivity index (χ2n) is 5.27. The van der Waals surface area contributed by atoms with Gasteiger partial charge in [-0.25, -0.2) is 0 Å². The fourth-order valence-corrected chi connectivity index (χ4v) is 2.45. The van der Waals surface area contributed by atoms with Gasteiger partial charge in [-0.2, -0.15) is 0 Å². The molecule has 0 aliphatic carbocycles. The Balaban J connectivity index is 2.75. The first-order valence-corrected chi connectivity index (χ1v) is 6.85. The topological polar surface area (TPSA) is 29.5 Å². The molecule has 0 amide bonds. The molecule has 0 unspecified atom stereocenters. The summed E-state index contributed by atoms with van der Waals surface area (Å²) in [5.74, 6) is 1.50. The van der Waals surface area contributed by atoms with Crippen LogP contribution in [0.3, 0.4) is 0 Å². The fraction of sp³-hybridized carbons (Fsp3) is 0.562. The minimum absolute atomic E-state index is 0.00731. The molecule has 0 aromatic heterocycles. The second kappa shape index (κ2) is 7.29. The lowest BCUT2D eigenvalue weighted by atomic mass is 9.96. The van der Waals surface area contributed by atoms with Crippen molar-refractivity contribution < 1.29 is 9.53 Å². The van der Waals surface area contributed by atoms with E-state index in [9.17, 15) is 4.79 Å². The Labute approximate surface area is 116 Å². The number of ether oxygens (including phenoxy) is 1. The fourth-order valence-electron chi connectivity index (χ4n) is 2.45. The van der Waals surface area contributed by atoms with Crippen molar-refractivity contribution in [1.82, 2.24) is 4.90 Å². The number of likely N-dealkylation sites (N-methyl/N-ethyl adjacent to an activating group) is 1. The van der Waals surface area contributed by atoms with Gasteiger partial charge in [-0.1, -0.05) is 32.9 Å². The van der Waals surface area contributed by atoms with Crippen molar-refractivity contribution in [2.45, 2.75) is 39.8 Å². The number of Topliss-reactive ketones (excluding diaryl/α,β-unsaturated/α-hetero) is 1. The maximum absolute atomic E-state index is 12.0. The van der Waals surface area contributed by atoms with Crippen molar-refractivity contribution in [3.05, 3.63) is 29.8 Å². The SMILES string of the molecule is CCC(=O)[C@H](C(C)C)N(C)Cc1ccc(OC)cc1. The summed E-state index contributed by atoms with van der Waals surface area (Å²) in [4.78, 5) is 14.2. The molecule has 3 heteroatoms. The van der Waals surface area contributed by atoms with Crippen LogP contribution >= 0.6 is 0 Å². The number of benzene rings is 1. The van der Waals surface area contributed by atoms with Crippen LogP contribution in [0.4, 0.5) is 0 Å². The Morgan fingerprint density at radius 2 is 1.84 bits per heavy atom. The first-order valence-electron chi connectivity index (χ1n) is 6.85. The summed E-state index contributed by atoms with van der Waals surface area (Å²) in [7, 11) is 3.68. The number of methoxy groups -OCH3 is 1. The van der Waals surface area contributed by atoms with Gasteiger partial charge in [-0.15, -0.1) is 0 Å². The first kappa shape index (κ1) is 15.7. The van der Waals surface area contributed by atoms with E-state index in [1.54, 1.807) is 7.11 Å². The van der Waals surface area contributed by atoms with E-state index in [-0.39, 0.29) is 6.04 Å². The molecule has 19 heavy (non-hydrogen) atoms. The molecule has 0 spiro atoms. The van der Waals surface area contributed by atoms with Crippen LogP contribution in [-0.4, -0.2) is 30.9 Å². The highest BCUT2D eigenvalue weighted by Crippen LogP contribution is 2.17. The summed E-state index contributed by atoms with van der Waals surface area (Å²) in [6.07, 6.45) is 0.593. The van der Waals surface area contributed by atoms with Crippen molar-refractivity contribution >= 4 is 5.78 Å².